The summed E-state index contributed by atoms with van der Waals surface area (Å²) in [4.78, 5) is 11.2. The van der Waals surface area contributed by atoms with Crippen LogP contribution in [0.4, 0.5) is 5.69 Å². The van der Waals surface area contributed by atoms with Crippen LogP contribution in [0.2, 0.25) is 0 Å². The zero-order valence-electron chi connectivity index (χ0n) is 10.7. The van der Waals surface area contributed by atoms with Crippen molar-refractivity contribution in [3.63, 3.8) is 0 Å². The maximum absolute atomic E-state index is 11.2. The van der Waals surface area contributed by atoms with Crippen molar-refractivity contribution in [3.8, 4) is 0 Å². The molecule has 0 amide bonds. The summed E-state index contributed by atoms with van der Waals surface area (Å²) in [5.74, 6) is -0.235. The van der Waals surface area contributed by atoms with Crippen LogP contribution in [0, 0.1) is 6.92 Å². The van der Waals surface area contributed by atoms with Gasteiger partial charge in [-0.1, -0.05) is 29.8 Å². The molecule has 0 aliphatic heterocycles. The molecule has 0 atom stereocenters. The topological polar surface area (TPSA) is 38.3 Å². The third kappa shape index (κ3) is 3.00. The number of benzene rings is 2. The Labute approximate surface area is 107 Å². The van der Waals surface area contributed by atoms with Crippen molar-refractivity contribution in [1.82, 2.24) is 0 Å². The van der Waals surface area contributed by atoms with E-state index >= 15 is 0 Å². The number of hydrogen-bond donors (Lipinski definition) is 1. The molecular weight excluding hydrogens is 226 g/mol. The maximum atomic E-state index is 11.2. The Kier molecular flexibility index (Phi) is 3.82. The lowest BCUT2D eigenvalue weighted by Gasteiger charge is -2.07. The standard InChI is InChI=1S/C15H17NO2/c1-3-18-15(17)10-16-14-7-6-12-8-11(2)4-5-13(12)9-14/h4-9,16H,3,10H2,1-2H3. The summed E-state index contributed by atoms with van der Waals surface area (Å²) in [7, 11) is 0. The van der Waals surface area contributed by atoms with E-state index in [2.05, 4.69) is 36.5 Å². The Bertz CT molecular complexity index is 563. The summed E-state index contributed by atoms with van der Waals surface area (Å²) < 4.78 is 4.87. The van der Waals surface area contributed by atoms with Crippen LogP contribution in [-0.2, 0) is 9.53 Å². The van der Waals surface area contributed by atoms with E-state index in [4.69, 9.17) is 4.74 Å². The van der Waals surface area contributed by atoms with E-state index in [1.54, 1.807) is 6.92 Å². The highest BCUT2D eigenvalue weighted by Crippen LogP contribution is 2.20. The summed E-state index contributed by atoms with van der Waals surface area (Å²) in [6.07, 6.45) is 0. The number of rotatable bonds is 4. The van der Waals surface area contributed by atoms with Crippen LogP contribution >= 0.6 is 0 Å². The third-order valence-corrected chi connectivity index (χ3v) is 2.74. The van der Waals surface area contributed by atoms with Gasteiger partial charge in [0.1, 0.15) is 6.54 Å². The number of carbonyl (C=O) groups excluding carboxylic acids is 1. The minimum Gasteiger partial charge on any atom is -0.465 e. The molecule has 2 aromatic carbocycles. The molecule has 3 nitrogen and oxygen atoms in total. The lowest BCUT2D eigenvalue weighted by Crippen LogP contribution is -2.16. The first-order valence-corrected chi connectivity index (χ1v) is 6.09. The number of esters is 1. The molecule has 0 saturated heterocycles. The van der Waals surface area contributed by atoms with Crippen molar-refractivity contribution in [1.29, 1.82) is 0 Å². The van der Waals surface area contributed by atoms with E-state index < -0.39 is 0 Å². The highest BCUT2D eigenvalue weighted by molar-refractivity contribution is 5.87. The molecule has 0 bridgehead atoms. The van der Waals surface area contributed by atoms with Gasteiger partial charge in [0.15, 0.2) is 0 Å². The molecule has 2 rings (SSSR count). The number of aryl methyl sites for hydroxylation is 1. The second-order valence-corrected chi connectivity index (χ2v) is 4.22. The Morgan fingerprint density at radius 1 is 1.17 bits per heavy atom. The number of hydrogen-bond acceptors (Lipinski definition) is 3. The molecule has 0 aromatic heterocycles. The fourth-order valence-corrected chi connectivity index (χ4v) is 1.86. The summed E-state index contributed by atoms with van der Waals surface area (Å²) in [5.41, 5.74) is 2.18. The van der Waals surface area contributed by atoms with Gasteiger partial charge < -0.3 is 10.1 Å². The Hall–Kier alpha value is -2.03. The first-order chi connectivity index (χ1) is 8.69. The molecule has 0 fully saturated rings. The molecule has 0 aliphatic carbocycles. The smallest absolute Gasteiger partial charge is 0.325 e. The summed E-state index contributed by atoms with van der Waals surface area (Å²) in [5, 5.41) is 5.43. The van der Waals surface area contributed by atoms with Crippen molar-refractivity contribution in [3.05, 3.63) is 42.0 Å². The molecule has 0 spiro atoms. The molecule has 18 heavy (non-hydrogen) atoms. The van der Waals surface area contributed by atoms with Crippen molar-refractivity contribution in [2.45, 2.75) is 13.8 Å². The van der Waals surface area contributed by atoms with E-state index in [1.807, 2.05) is 12.1 Å². The lowest BCUT2D eigenvalue weighted by atomic mass is 10.1. The maximum Gasteiger partial charge on any atom is 0.325 e. The van der Waals surface area contributed by atoms with Gasteiger partial charge in [-0.15, -0.1) is 0 Å². The van der Waals surface area contributed by atoms with Gasteiger partial charge in [0.05, 0.1) is 6.61 Å². The van der Waals surface area contributed by atoms with Gasteiger partial charge in [0, 0.05) is 5.69 Å². The molecule has 0 aliphatic rings. The molecule has 0 radical (unpaired) electrons. The number of fused-ring (bicyclic) bond motifs is 1. The molecule has 3 heteroatoms. The number of carbonyl (C=O) groups is 1. The second kappa shape index (κ2) is 5.54. The van der Waals surface area contributed by atoms with Crippen LogP contribution in [0.5, 0.6) is 0 Å². The van der Waals surface area contributed by atoms with Crippen molar-refractivity contribution in [2.24, 2.45) is 0 Å². The predicted molar refractivity (Wildman–Crippen MR) is 73.8 cm³/mol. The quantitative estimate of drug-likeness (QED) is 0.838. The molecule has 94 valence electrons. The second-order valence-electron chi connectivity index (χ2n) is 4.22. The number of nitrogens with one attached hydrogen (secondary N) is 1. The largest absolute Gasteiger partial charge is 0.465 e. The molecule has 1 N–H and O–H groups in total. The van der Waals surface area contributed by atoms with E-state index in [9.17, 15) is 4.79 Å². The van der Waals surface area contributed by atoms with Gasteiger partial charge in [-0.05, 0) is 36.8 Å². The normalized spacial score (nSPS) is 10.3. The molecule has 2 aromatic rings. The van der Waals surface area contributed by atoms with Crippen LogP contribution in [-0.4, -0.2) is 19.1 Å². The Balaban J connectivity index is 2.10. The average Bonchev–Trinajstić information content (AvgIpc) is 2.36. The first kappa shape index (κ1) is 12.4. The van der Waals surface area contributed by atoms with Crippen LogP contribution in [0.15, 0.2) is 36.4 Å². The fourth-order valence-electron chi connectivity index (χ4n) is 1.86. The highest BCUT2D eigenvalue weighted by atomic mass is 16.5. The monoisotopic (exact) mass is 243 g/mol. The van der Waals surface area contributed by atoms with E-state index in [-0.39, 0.29) is 12.5 Å². The minimum atomic E-state index is -0.235. The van der Waals surface area contributed by atoms with E-state index in [0.29, 0.717) is 6.61 Å². The summed E-state index contributed by atoms with van der Waals surface area (Å²) in [6, 6.07) is 12.4. The van der Waals surface area contributed by atoms with Gasteiger partial charge in [0.2, 0.25) is 0 Å². The molecule has 0 heterocycles. The zero-order chi connectivity index (χ0) is 13.0. The third-order valence-electron chi connectivity index (χ3n) is 2.74. The first-order valence-electron chi connectivity index (χ1n) is 6.09. The van der Waals surface area contributed by atoms with Gasteiger partial charge >= 0.3 is 5.97 Å². The van der Waals surface area contributed by atoms with Gasteiger partial charge in [-0.2, -0.15) is 0 Å². The SMILES string of the molecule is CCOC(=O)CNc1ccc2cc(C)ccc2c1. The van der Waals surface area contributed by atoms with Gasteiger partial charge in [-0.25, -0.2) is 0 Å². The van der Waals surface area contributed by atoms with E-state index in [0.717, 1.165) is 11.1 Å². The Morgan fingerprint density at radius 3 is 2.67 bits per heavy atom. The van der Waals surface area contributed by atoms with Crippen LogP contribution in [0.25, 0.3) is 10.8 Å². The van der Waals surface area contributed by atoms with Gasteiger partial charge in [0.25, 0.3) is 0 Å². The van der Waals surface area contributed by atoms with Crippen molar-refractivity contribution < 1.29 is 9.53 Å². The molecular formula is C15H17NO2. The predicted octanol–water partition coefficient (Wildman–Crippen LogP) is 3.12. The van der Waals surface area contributed by atoms with E-state index in [1.165, 1.54) is 10.9 Å². The van der Waals surface area contributed by atoms with Crippen LogP contribution in [0.3, 0.4) is 0 Å². The lowest BCUT2D eigenvalue weighted by molar-refractivity contribution is -0.140. The average molecular weight is 243 g/mol. The molecule has 0 unspecified atom stereocenters. The summed E-state index contributed by atoms with van der Waals surface area (Å²) >= 11 is 0. The fraction of sp³-hybridized carbons (Fsp3) is 0.267. The number of ether oxygens (including phenoxy) is 1. The van der Waals surface area contributed by atoms with Crippen molar-refractivity contribution in [2.75, 3.05) is 18.5 Å². The van der Waals surface area contributed by atoms with Crippen molar-refractivity contribution >= 4 is 22.4 Å². The highest BCUT2D eigenvalue weighted by Gasteiger charge is 2.02. The Morgan fingerprint density at radius 2 is 1.89 bits per heavy atom. The van der Waals surface area contributed by atoms with Crippen LogP contribution < -0.4 is 5.32 Å². The summed E-state index contributed by atoms with van der Waals surface area (Å²) in [6.45, 7) is 4.49. The molecule has 0 saturated carbocycles. The van der Waals surface area contributed by atoms with Crippen LogP contribution in [0.1, 0.15) is 12.5 Å². The number of anilines is 1. The zero-order valence-corrected chi connectivity index (χ0v) is 10.7. The van der Waals surface area contributed by atoms with Gasteiger partial charge in [-0.3, -0.25) is 4.79 Å². The minimum absolute atomic E-state index is 0.200.